The summed E-state index contributed by atoms with van der Waals surface area (Å²) < 4.78 is 0. The van der Waals surface area contributed by atoms with Gasteiger partial charge in [-0.2, -0.15) is 11.3 Å². The fraction of sp³-hybridized carbons (Fsp3) is 0.143. The molecule has 2 N–H and O–H groups in total. The van der Waals surface area contributed by atoms with Gasteiger partial charge in [-0.15, -0.1) is 0 Å². The maximum absolute atomic E-state index is 11.8. The third kappa shape index (κ3) is 5.04. The maximum atomic E-state index is 11.8. The predicted octanol–water partition coefficient (Wildman–Crippen LogP) is 3.81. The molecule has 1 aromatic heterocycles. The van der Waals surface area contributed by atoms with Crippen molar-refractivity contribution >= 4 is 52.0 Å². The topological polar surface area (TPSA) is 58.2 Å². The van der Waals surface area contributed by atoms with Gasteiger partial charge >= 0.3 is 0 Å². The fourth-order valence-electron chi connectivity index (χ4n) is 1.63. The molecular formula is C14H12Cl2N2O2S. The summed E-state index contributed by atoms with van der Waals surface area (Å²) in [5, 5.41) is 9.83. The summed E-state index contributed by atoms with van der Waals surface area (Å²) >= 11 is 13.1. The van der Waals surface area contributed by atoms with E-state index >= 15 is 0 Å². The van der Waals surface area contributed by atoms with Crippen molar-refractivity contribution in [3.8, 4) is 0 Å². The lowest BCUT2D eigenvalue weighted by Gasteiger charge is -2.07. The van der Waals surface area contributed by atoms with Crippen molar-refractivity contribution < 1.29 is 9.59 Å². The van der Waals surface area contributed by atoms with Crippen LogP contribution < -0.4 is 10.6 Å². The van der Waals surface area contributed by atoms with Crippen molar-refractivity contribution in [2.24, 2.45) is 0 Å². The molecule has 0 aliphatic carbocycles. The Balaban J connectivity index is 1.78. The highest BCUT2D eigenvalue weighted by molar-refractivity contribution is 7.08. The number of thiophene rings is 1. The summed E-state index contributed by atoms with van der Waals surface area (Å²) in [6.07, 6.45) is 0.167. The van der Waals surface area contributed by atoms with Gasteiger partial charge in [-0.25, -0.2) is 0 Å². The highest BCUT2D eigenvalue weighted by Gasteiger charge is 2.07. The van der Waals surface area contributed by atoms with E-state index in [0.29, 0.717) is 21.3 Å². The van der Waals surface area contributed by atoms with Crippen LogP contribution in [0.1, 0.15) is 16.8 Å². The molecular weight excluding hydrogens is 331 g/mol. The molecule has 0 aliphatic heterocycles. The van der Waals surface area contributed by atoms with Crippen molar-refractivity contribution in [1.29, 1.82) is 0 Å². The second-order valence-corrected chi connectivity index (χ2v) is 5.88. The Morgan fingerprint density at radius 3 is 2.48 bits per heavy atom. The largest absolute Gasteiger partial charge is 0.351 e. The molecule has 0 saturated carbocycles. The summed E-state index contributed by atoms with van der Waals surface area (Å²) in [6, 6.07) is 6.53. The highest BCUT2D eigenvalue weighted by atomic mass is 35.5. The van der Waals surface area contributed by atoms with Crippen LogP contribution in [-0.2, 0) is 4.79 Å². The predicted molar refractivity (Wildman–Crippen MR) is 86.4 cm³/mol. The van der Waals surface area contributed by atoms with E-state index < -0.39 is 0 Å². The van der Waals surface area contributed by atoms with E-state index in [1.54, 1.807) is 29.6 Å². The molecule has 21 heavy (non-hydrogen) atoms. The lowest BCUT2D eigenvalue weighted by atomic mass is 10.3. The average molecular weight is 343 g/mol. The van der Waals surface area contributed by atoms with Gasteiger partial charge in [0.05, 0.1) is 0 Å². The maximum Gasteiger partial charge on any atom is 0.252 e. The SMILES string of the molecule is O=C(CCNC(=O)c1ccsc1)Nc1cc(Cl)cc(Cl)c1. The highest BCUT2D eigenvalue weighted by Crippen LogP contribution is 2.22. The summed E-state index contributed by atoms with van der Waals surface area (Å²) in [5.74, 6) is -0.409. The molecule has 0 radical (unpaired) electrons. The van der Waals surface area contributed by atoms with Gasteiger partial charge in [0.2, 0.25) is 5.91 Å². The molecule has 0 atom stereocenters. The Labute approximate surface area is 136 Å². The van der Waals surface area contributed by atoms with Gasteiger partial charge in [-0.3, -0.25) is 9.59 Å². The molecule has 2 rings (SSSR count). The number of amides is 2. The third-order valence-corrected chi connectivity index (χ3v) is 3.69. The average Bonchev–Trinajstić information content (AvgIpc) is 2.90. The number of rotatable bonds is 5. The zero-order valence-electron chi connectivity index (χ0n) is 10.9. The van der Waals surface area contributed by atoms with E-state index in [0.717, 1.165) is 0 Å². The molecule has 0 saturated heterocycles. The summed E-state index contributed by atoms with van der Waals surface area (Å²) in [5.41, 5.74) is 1.13. The molecule has 0 spiro atoms. The lowest BCUT2D eigenvalue weighted by molar-refractivity contribution is -0.116. The van der Waals surface area contributed by atoms with Crippen molar-refractivity contribution in [3.05, 3.63) is 50.6 Å². The van der Waals surface area contributed by atoms with E-state index in [2.05, 4.69) is 10.6 Å². The summed E-state index contributed by atoms with van der Waals surface area (Å²) in [7, 11) is 0. The summed E-state index contributed by atoms with van der Waals surface area (Å²) in [6.45, 7) is 0.259. The number of anilines is 1. The first-order valence-electron chi connectivity index (χ1n) is 6.11. The molecule has 1 heterocycles. The first-order chi connectivity index (χ1) is 10.0. The van der Waals surface area contributed by atoms with Crippen LogP contribution in [0, 0.1) is 0 Å². The molecule has 4 nitrogen and oxygen atoms in total. The Bertz CT molecular complexity index is 624. The second-order valence-electron chi connectivity index (χ2n) is 4.22. The zero-order valence-corrected chi connectivity index (χ0v) is 13.2. The number of benzene rings is 1. The van der Waals surface area contributed by atoms with Crippen LogP contribution >= 0.6 is 34.5 Å². The van der Waals surface area contributed by atoms with Gasteiger partial charge in [-0.05, 0) is 29.6 Å². The van der Waals surface area contributed by atoms with Crippen molar-refractivity contribution in [1.82, 2.24) is 5.32 Å². The Kier molecular flexibility index (Phi) is 5.61. The van der Waals surface area contributed by atoms with Crippen molar-refractivity contribution in [2.45, 2.75) is 6.42 Å². The third-order valence-electron chi connectivity index (χ3n) is 2.57. The van der Waals surface area contributed by atoms with Gasteiger partial charge in [0.1, 0.15) is 0 Å². The number of halogens is 2. The van der Waals surface area contributed by atoms with E-state index in [1.165, 1.54) is 11.3 Å². The van der Waals surface area contributed by atoms with E-state index in [9.17, 15) is 9.59 Å². The van der Waals surface area contributed by atoms with Gasteiger partial charge in [0.15, 0.2) is 0 Å². The number of hydrogen-bond acceptors (Lipinski definition) is 3. The van der Waals surface area contributed by atoms with E-state index in [4.69, 9.17) is 23.2 Å². The number of carbonyl (C=O) groups is 2. The van der Waals surface area contributed by atoms with Gasteiger partial charge in [-0.1, -0.05) is 23.2 Å². The molecule has 2 amide bonds. The second kappa shape index (κ2) is 7.45. The first-order valence-corrected chi connectivity index (χ1v) is 7.81. The van der Waals surface area contributed by atoms with Crippen LogP contribution in [0.4, 0.5) is 5.69 Å². The Morgan fingerprint density at radius 1 is 1.14 bits per heavy atom. The van der Waals surface area contributed by atoms with Crippen LogP contribution in [0.15, 0.2) is 35.0 Å². The molecule has 1 aromatic carbocycles. The number of hydrogen-bond donors (Lipinski definition) is 2. The van der Waals surface area contributed by atoms with Crippen LogP contribution in [-0.4, -0.2) is 18.4 Å². The minimum absolute atomic E-state index is 0.167. The van der Waals surface area contributed by atoms with Crippen LogP contribution in [0.3, 0.4) is 0 Å². The molecule has 0 bridgehead atoms. The first kappa shape index (κ1) is 15.8. The Hall–Kier alpha value is -1.56. The van der Waals surface area contributed by atoms with Crippen molar-refractivity contribution in [2.75, 3.05) is 11.9 Å². The molecule has 2 aromatic rings. The zero-order chi connectivity index (χ0) is 15.2. The standard InChI is InChI=1S/C14H12Cl2N2O2S/c15-10-5-11(16)7-12(6-10)18-13(19)1-3-17-14(20)9-2-4-21-8-9/h2,4-8H,1,3H2,(H,17,20)(H,18,19). The summed E-state index contributed by atoms with van der Waals surface area (Å²) in [4.78, 5) is 23.4. The van der Waals surface area contributed by atoms with Crippen molar-refractivity contribution in [3.63, 3.8) is 0 Å². The van der Waals surface area contributed by atoms with Crippen LogP contribution in [0.5, 0.6) is 0 Å². The quantitative estimate of drug-likeness (QED) is 0.867. The number of carbonyl (C=O) groups excluding carboxylic acids is 2. The molecule has 0 unspecified atom stereocenters. The number of nitrogens with one attached hydrogen (secondary N) is 2. The Morgan fingerprint density at radius 2 is 1.86 bits per heavy atom. The monoisotopic (exact) mass is 342 g/mol. The molecule has 7 heteroatoms. The van der Waals surface area contributed by atoms with Gasteiger partial charge in [0.25, 0.3) is 5.91 Å². The van der Waals surface area contributed by atoms with Crippen LogP contribution in [0.25, 0.3) is 0 Å². The normalized spacial score (nSPS) is 10.2. The van der Waals surface area contributed by atoms with E-state index in [1.807, 2.05) is 5.38 Å². The molecule has 110 valence electrons. The minimum atomic E-state index is -0.223. The minimum Gasteiger partial charge on any atom is -0.351 e. The smallest absolute Gasteiger partial charge is 0.252 e. The fourth-order valence-corrected chi connectivity index (χ4v) is 2.80. The van der Waals surface area contributed by atoms with Gasteiger partial charge < -0.3 is 10.6 Å². The molecule has 0 fully saturated rings. The van der Waals surface area contributed by atoms with Gasteiger partial charge in [0, 0.05) is 39.6 Å². The lowest BCUT2D eigenvalue weighted by Crippen LogP contribution is -2.27. The van der Waals surface area contributed by atoms with Crippen LogP contribution in [0.2, 0.25) is 10.0 Å². The molecule has 0 aliphatic rings. The van der Waals surface area contributed by atoms with E-state index in [-0.39, 0.29) is 24.8 Å².